The van der Waals surface area contributed by atoms with Crippen LogP contribution in [0.4, 0.5) is 11.5 Å². The zero-order valence-electron chi connectivity index (χ0n) is 12.2. The van der Waals surface area contributed by atoms with Crippen molar-refractivity contribution in [3.63, 3.8) is 0 Å². The second-order valence-corrected chi connectivity index (χ2v) is 5.07. The first kappa shape index (κ1) is 14.3. The topological polar surface area (TPSA) is 48.4 Å². The average Bonchev–Trinajstić information content (AvgIpc) is 2.47. The number of nitrogens with zero attached hydrogens (tertiary/aromatic N) is 2. The Kier molecular flexibility index (Phi) is 4.58. The Morgan fingerprint density at radius 3 is 2.65 bits per heavy atom. The molecule has 0 radical (unpaired) electrons. The third-order valence-electron chi connectivity index (χ3n) is 3.26. The molecule has 0 spiro atoms. The molecule has 1 unspecified atom stereocenters. The van der Waals surface area contributed by atoms with E-state index in [0.717, 1.165) is 22.6 Å². The van der Waals surface area contributed by atoms with E-state index >= 15 is 0 Å². The summed E-state index contributed by atoms with van der Waals surface area (Å²) in [6.07, 6.45) is 1.85. The molecule has 20 heavy (non-hydrogen) atoms. The molecule has 0 aliphatic rings. The Morgan fingerprint density at radius 2 is 2.05 bits per heavy atom. The fraction of sp³-hybridized carbons (Fsp3) is 0.312. The van der Waals surface area contributed by atoms with Crippen molar-refractivity contribution in [3.8, 4) is 0 Å². The fourth-order valence-corrected chi connectivity index (χ4v) is 2.00. The quantitative estimate of drug-likeness (QED) is 0.878. The molecule has 1 heterocycles. The van der Waals surface area contributed by atoms with Crippen LogP contribution in [0.5, 0.6) is 0 Å². The first-order valence-corrected chi connectivity index (χ1v) is 6.70. The lowest BCUT2D eigenvalue weighted by atomic mass is 10.1. The van der Waals surface area contributed by atoms with Crippen LogP contribution in [-0.4, -0.2) is 24.2 Å². The number of hydrogen-bond acceptors (Lipinski definition) is 4. The minimum absolute atomic E-state index is 0.0658. The van der Waals surface area contributed by atoms with E-state index < -0.39 is 0 Å². The van der Waals surface area contributed by atoms with Gasteiger partial charge in [0.25, 0.3) is 0 Å². The lowest BCUT2D eigenvalue weighted by Gasteiger charge is -2.17. The monoisotopic (exact) mass is 271 g/mol. The molecule has 106 valence electrons. The van der Waals surface area contributed by atoms with Gasteiger partial charge in [-0.1, -0.05) is 24.3 Å². The van der Waals surface area contributed by atoms with Crippen LogP contribution < -0.4 is 10.2 Å². The highest BCUT2D eigenvalue weighted by Crippen LogP contribution is 2.20. The van der Waals surface area contributed by atoms with Crippen molar-refractivity contribution in [2.24, 2.45) is 0 Å². The summed E-state index contributed by atoms with van der Waals surface area (Å²) in [4.78, 5) is 6.42. The molecule has 4 heteroatoms. The molecule has 2 aromatic rings. The number of hydrogen-bond donors (Lipinski definition) is 2. The third kappa shape index (κ3) is 3.48. The minimum atomic E-state index is 0.0658. The van der Waals surface area contributed by atoms with Crippen molar-refractivity contribution in [1.29, 1.82) is 0 Å². The summed E-state index contributed by atoms with van der Waals surface area (Å²) in [5.74, 6) is 0.845. The highest BCUT2D eigenvalue weighted by molar-refractivity contribution is 5.49. The summed E-state index contributed by atoms with van der Waals surface area (Å²) < 4.78 is 0. The molecular weight excluding hydrogens is 250 g/mol. The van der Waals surface area contributed by atoms with Gasteiger partial charge in [0.2, 0.25) is 0 Å². The van der Waals surface area contributed by atoms with Gasteiger partial charge < -0.3 is 15.3 Å². The predicted octanol–water partition coefficient (Wildman–Crippen LogP) is 2.81. The smallest absolute Gasteiger partial charge is 0.126 e. The molecule has 0 bridgehead atoms. The van der Waals surface area contributed by atoms with Crippen LogP contribution in [0, 0.1) is 0 Å². The molecule has 1 aromatic carbocycles. The van der Waals surface area contributed by atoms with E-state index in [2.05, 4.69) is 17.2 Å². The Bertz CT molecular complexity index is 552. The molecule has 2 N–H and O–H groups in total. The van der Waals surface area contributed by atoms with Crippen molar-refractivity contribution in [3.05, 3.63) is 53.7 Å². The molecule has 0 amide bonds. The standard InChI is InChI=1S/C16H21N3O/c1-12(14-6-4-5-13(9-14)11-20)18-16-8-7-15(10-17-16)19(2)3/h4-10,12,20H,11H2,1-3H3,(H,17,18). The van der Waals surface area contributed by atoms with E-state index in [1.165, 1.54) is 0 Å². The molecule has 0 saturated carbocycles. The Hall–Kier alpha value is -2.07. The van der Waals surface area contributed by atoms with Crippen molar-refractivity contribution in [2.75, 3.05) is 24.3 Å². The number of aliphatic hydroxyl groups excluding tert-OH is 1. The van der Waals surface area contributed by atoms with E-state index in [1.807, 2.05) is 61.6 Å². The first-order valence-electron chi connectivity index (χ1n) is 6.70. The van der Waals surface area contributed by atoms with E-state index in [1.54, 1.807) is 0 Å². The molecule has 0 aliphatic carbocycles. The Balaban J connectivity index is 2.08. The highest BCUT2D eigenvalue weighted by atomic mass is 16.3. The van der Waals surface area contributed by atoms with Crippen LogP contribution >= 0.6 is 0 Å². The number of benzene rings is 1. The van der Waals surface area contributed by atoms with Gasteiger partial charge >= 0.3 is 0 Å². The maximum Gasteiger partial charge on any atom is 0.126 e. The van der Waals surface area contributed by atoms with Crippen LogP contribution in [0.25, 0.3) is 0 Å². The van der Waals surface area contributed by atoms with Gasteiger partial charge in [0.05, 0.1) is 18.5 Å². The zero-order chi connectivity index (χ0) is 14.5. The second-order valence-electron chi connectivity index (χ2n) is 5.07. The lowest BCUT2D eigenvalue weighted by Crippen LogP contribution is -2.11. The number of nitrogens with one attached hydrogen (secondary N) is 1. The summed E-state index contributed by atoms with van der Waals surface area (Å²) in [6, 6.07) is 12.1. The molecule has 0 aliphatic heterocycles. The summed E-state index contributed by atoms with van der Waals surface area (Å²) >= 11 is 0. The fourth-order valence-electron chi connectivity index (χ4n) is 2.00. The maximum absolute atomic E-state index is 9.18. The van der Waals surface area contributed by atoms with Crippen molar-refractivity contribution >= 4 is 11.5 Å². The van der Waals surface area contributed by atoms with E-state index in [4.69, 9.17) is 0 Å². The number of pyridine rings is 1. The zero-order valence-corrected chi connectivity index (χ0v) is 12.2. The summed E-state index contributed by atoms with van der Waals surface area (Å²) in [7, 11) is 3.99. The van der Waals surface area contributed by atoms with Crippen molar-refractivity contribution in [2.45, 2.75) is 19.6 Å². The third-order valence-corrected chi connectivity index (χ3v) is 3.26. The van der Waals surface area contributed by atoms with Crippen LogP contribution in [0.15, 0.2) is 42.6 Å². The maximum atomic E-state index is 9.18. The first-order chi connectivity index (χ1) is 9.60. The minimum Gasteiger partial charge on any atom is -0.392 e. The molecule has 1 atom stereocenters. The van der Waals surface area contributed by atoms with Gasteiger partial charge in [-0.05, 0) is 30.2 Å². The van der Waals surface area contributed by atoms with Crippen LogP contribution in [0.2, 0.25) is 0 Å². The molecule has 0 fully saturated rings. The van der Waals surface area contributed by atoms with Crippen LogP contribution in [-0.2, 0) is 6.61 Å². The summed E-state index contributed by atoms with van der Waals surface area (Å²) in [5.41, 5.74) is 3.13. The van der Waals surface area contributed by atoms with Crippen molar-refractivity contribution < 1.29 is 5.11 Å². The van der Waals surface area contributed by atoms with E-state index in [0.29, 0.717) is 0 Å². The number of aromatic nitrogens is 1. The van der Waals surface area contributed by atoms with Gasteiger partial charge in [-0.3, -0.25) is 0 Å². The predicted molar refractivity (Wildman–Crippen MR) is 83.0 cm³/mol. The molecule has 0 saturated heterocycles. The number of aliphatic hydroxyl groups is 1. The van der Waals surface area contributed by atoms with Crippen molar-refractivity contribution in [1.82, 2.24) is 4.98 Å². The average molecular weight is 271 g/mol. The van der Waals surface area contributed by atoms with Gasteiger partial charge in [0.15, 0.2) is 0 Å². The van der Waals surface area contributed by atoms with E-state index in [-0.39, 0.29) is 12.6 Å². The van der Waals surface area contributed by atoms with Crippen LogP contribution in [0.1, 0.15) is 24.1 Å². The molecule has 1 aromatic heterocycles. The Morgan fingerprint density at radius 1 is 1.25 bits per heavy atom. The molecule has 4 nitrogen and oxygen atoms in total. The van der Waals surface area contributed by atoms with Gasteiger partial charge in [0.1, 0.15) is 5.82 Å². The SMILES string of the molecule is CC(Nc1ccc(N(C)C)cn1)c1cccc(CO)c1. The summed E-state index contributed by atoms with van der Waals surface area (Å²) in [6.45, 7) is 2.15. The molecular formula is C16H21N3O. The normalized spacial score (nSPS) is 12.0. The lowest BCUT2D eigenvalue weighted by molar-refractivity contribution is 0.281. The number of anilines is 2. The van der Waals surface area contributed by atoms with E-state index in [9.17, 15) is 5.11 Å². The van der Waals surface area contributed by atoms with Crippen LogP contribution in [0.3, 0.4) is 0 Å². The van der Waals surface area contributed by atoms with Gasteiger partial charge in [-0.25, -0.2) is 4.98 Å². The second kappa shape index (κ2) is 6.39. The van der Waals surface area contributed by atoms with Gasteiger partial charge in [0, 0.05) is 20.1 Å². The van der Waals surface area contributed by atoms with Gasteiger partial charge in [-0.15, -0.1) is 0 Å². The largest absolute Gasteiger partial charge is 0.392 e. The highest BCUT2D eigenvalue weighted by Gasteiger charge is 2.07. The number of rotatable bonds is 5. The summed E-state index contributed by atoms with van der Waals surface area (Å²) in [5, 5.41) is 12.5. The Labute approximate surface area is 120 Å². The van der Waals surface area contributed by atoms with Gasteiger partial charge in [-0.2, -0.15) is 0 Å². The molecule has 2 rings (SSSR count).